The molecule has 5 rings (SSSR count). The summed E-state index contributed by atoms with van der Waals surface area (Å²) < 4.78 is 4.91. The molecular weight excluding hydrogens is 344 g/mol. The van der Waals surface area contributed by atoms with Gasteiger partial charge in [-0.3, -0.25) is 9.67 Å². The average Bonchev–Trinajstić information content (AvgIpc) is 3.39. The number of aromatic nitrogens is 8. The summed E-state index contributed by atoms with van der Waals surface area (Å²) in [6, 6.07) is 9.80. The number of fused-ring (bicyclic) bond motifs is 2. The lowest BCUT2D eigenvalue weighted by molar-refractivity contribution is 0.706. The highest BCUT2D eigenvalue weighted by atomic mass is 15.5. The van der Waals surface area contributed by atoms with E-state index in [-0.39, 0.29) is 5.92 Å². The van der Waals surface area contributed by atoms with Crippen LogP contribution >= 0.6 is 0 Å². The van der Waals surface area contributed by atoms with E-state index in [2.05, 4.69) is 25.4 Å². The number of rotatable bonds is 3. The molecule has 0 aliphatic rings. The van der Waals surface area contributed by atoms with Gasteiger partial charge < -0.3 is 11.5 Å². The summed E-state index contributed by atoms with van der Waals surface area (Å²) in [6.07, 6.45) is 1.56. The Morgan fingerprint density at radius 1 is 1.07 bits per heavy atom. The Balaban J connectivity index is 1.74. The van der Waals surface area contributed by atoms with Gasteiger partial charge in [0.25, 0.3) is 0 Å². The first kappa shape index (κ1) is 15.4. The fourth-order valence-electron chi connectivity index (χ4n) is 3.19. The molecule has 1 aromatic carbocycles. The molecule has 27 heavy (non-hydrogen) atoms. The topological polar surface area (TPSA) is 133 Å². The van der Waals surface area contributed by atoms with E-state index in [0.717, 1.165) is 11.4 Å². The molecule has 5 aromatic rings. The average molecular weight is 362 g/mol. The number of anilines is 2. The summed E-state index contributed by atoms with van der Waals surface area (Å²) in [5.41, 5.74) is 15.6. The van der Waals surface area contributed by atoms with Crippen molar-refractivity contribution in [3.63, 3.8) is 0 Å². The zero-order chi connectivity index (χ0) is 18.7. The minimum absolute atomic E-state index is 0.124. The second-order valence-electron chi connectivity index (χ2n) is 6.67. The molecule has 0 atom stereocenters. The third kappa shape index (κ3) is 2.13. The number of hydrogen-bond donors (Lipinski definition) is 3. The Kier molecular flexibility index (Phi) is 3.05. The van der Waals surface area contributed by atoms with E-state index in [1.165, 1.54) is 4.63 Å². The number of nitrogens with one attached hydrogen (secondary N) is 1. The fourth-order valence-corrected chi connectivity index (χ4v) is 3.19. The number of H-pyrrole nitrogens is 1. The summed E-state index contributed by atoms with van der Waals surface area (Å²) in [5.74, 6) is 2.10. The molecule has 0 unspecified atom stereocenters. The Labute approximate surface area is 153 Å². The van der Waals surface area contributed by atoms with Crippen molar-refractivity contribution in [1.29, 1.82) is 0 Å². The zero-order valence-corrected chi connectivity index (χ0v) is 14.8. The van der Waals surface area contributed by atoms with Gasteiger partial charge in [0.2, 0.25) is 5.65 Å². The van der Waals surface area contributed by atoms with Crippen LogP contribution in [0.5, 0.6) is 0 Å². The molecule has 4 heterocycles. The normalized spacial score (nSPS) is 12.0. The van der Waals surface area contributed by atoms with Crippen molar-refractivity contribution in [2.24, 2.45) is 0 Å². The van der Waals surface area contributed by atoms with Gasteiger partial charge in [-0.05, 0) is 0 Å². The Morgan fingerprint density at radius 3 is 2.56 bits per heavy atom. The minimum Gasteiger partial charge on any atom is -0.394 e. The Morgan fingerprint density at radius 2 is 1.85 bits per heavy atom. The molecule has 0 saturated carbocycles. The van der Waals surface area contributed by atoms with Crippen LogP contribution in [0.3, 0.4) is 0 Å². The first-order valence-electron chi connectivity index (χ1n) is 8.56. The standard InChI is InChI=1S/C17H18N10/c1-9(2)14-23-27-17(11(18)8-20-27)25(14)16-12(19)15-21-13(22-26(15)24-16)10-6-4-3-5-7-10/h3-9H,18-19H2,1-2H3,(H,21,22). The molecule has 0 saturated heterocycles. The van der Waals surface area contributed by atoms with Crippen molar-refractivity contribution >= 4 is 22.7 Å². The Hall–Kier alpha value is -3.82. The number of aromatic amines is 1. The van der Waals surface area contributed by atoms with Crippen LogP contribution in [-0.2, 0) is 0 Å². The van der Waals surface area contributed by atoms with Crippen LogP contribution < -0.4 is 11.5 Å². The molecule has 0 spiro atoms. The lowest BCUT2D eigenvalue weighted by atomic mass is 10.2. The van der Waals surface area contributed by atoms with Crippen molar-refractivity contribution in [1.82, 2.24) is 39.2 Å². The monoisotopic (exact) mass is 362 g/mol. The van der Waals surface area contributed by atoms with Crippen LogP contribution in [0.25, 0.3) is 28.5 Å². The van der Waals surface area contributed by atoms with Crippen LogP contribution in [-0.4, -0.2) is 39.2 Å². The van der Waals surface area contributed by atoms with Gasteiger partial charge in [0.15, 0.2) is 17.3 Å². The second kappa shape index (κ2) is 5.34. The van der Waals surface area contributed by atoms with Crippen LogP contribution in [0.15, 0.2) is 36.5 Å². The van der Waals surface area contributed by atoms with Gasteiger partial charge in [-0.15, -0.1) is 19.5 Å². The summed E-state index contributed by atoms with van der Waals surface area (Å²) in [4.78, 5) is 4.61. The zero-order valence-electron chi connectivity index (χ0n) is 14.8. The van der Waals surface area contributed by atoms with Crippen LogP contribution in [0.4, 0.5) is 11.4 Å². The fraction of sp³-hybridized carbons (Fsp3) is 0.176. The molecule has 0 radical (unpaired) electrons. The van der Waals surface area contributed by atoms with E-state index < -0.39 is 0 Å². The number of nitrogens with two attached hydrogens (primary N) is 2. The summed E-state index contributed by atoms with van der Waals surface area (Å²) in [6.45, 7) is 4.08. The van der Waals surface area contributed by atoms with Gasteiger partial charge >= 0.3 is 0 Å². The number of hydrogen-bond acceptors (Lipinski definition) is 6. The number of nitrogen functional groups attached to an aromatic ring is 2. The van der Waals surface area contributed by atoms with E-state index in [9.17, 15) is 0 Å². The molecule has 10 nitrogen and oxygen atoms in total. The molecule has 0 bridgehead atoms. The predicted octanol–water partition coefficient (Wildman–Crippen LogP) is 1.85. The molecule has 4 aromatic heterocycles. The van der Waals surface area contributed by atoms with E-state index >= 15 is 0 Å². The molecule has 0 aliphatic carbocycles. The summed E-state index contributed by atoms with van der Waals surface area (Å²) in [7, 11) is 0. The van der Waals surface area contributed by atoms with Gasteiger partial charge in [-0.1, -0.05) is 44.2 Å². The third-order valence-corrected chi connectivity index (χ3v) is 4.47. The maximum atomic E-state index is 6.42. The SMILES string of the molecule is CC(C)c1nn2ncc(N)c2n1-c1nn2[nH]c(-c3ccccc3)nc2c1N. The van der Waals surface area contributed by atoms with Crippen molar-refractivity contribution in [2.45, 2.75) is 19.8 Å². The summed E-state index contributed by atoms with van der Waals surface area (Å²) in [5, 5.41) is 16.5. The number of nitrogens with zero attached hydrogens (tertiary/aromatic N) is 7. The van der Waals surface area contributed by atoms with Crippen LogP contribution in [0.2, 0.25) is 0 Å². The molecular formula is C17H18N10. The van der Waals surface area contributed by atoms with Crippen molar-refractivity contribution < 1.29 is 0 Å². The maximum Gasteiger partial charge on any atom is 0.201 e. The van der Waals surface area contributed by atoms with Gasteiger partial charge in [0.1, 0.15) is 11.5 Å². The van der Waals surface area contributed by atoms with Crippen molar-refractivity contribution in [3.05, 3.63) is 42.4 Å². The van der Waals surface area contributed by atoms with Gasteiger partial charge in [0, 0.05) is 11.5 Å². The van der Waals surface area contributed by atoms with Crippen molar-refractivity contribution in [2.75, 3.05) is 11.5 Å². The molecule has 0 fully saturated rings. The van der Waals surface area contributed by atoms with Crippen molar-refractivity contribution in [3.8, 4) is 17.2 Å². The minimum atomic E-state index is 0.124. The second-order valence-corrected chi connectivity index (χ2v) is 6.67. The first-order valence-corrected chi connectivity index (χ1v) is 8.56. The largest absolute Gasteiger partial charge is 0.394 e. The highest BCUT2D eigenvalue weighted by Crippen LogP contribution is 2.30. The lowest BCUT2D eigenvalue weighted by Gasteiger charge is -2.08. The highest BCUT2D eigenvalue weighted by Gasteiger charge is 2.24. The van der Waals surface area contributed by atoms with Gasteiger partial charge in [-0.2, -0.15) is 5.10 Å². The maximum absolute atomic E-state index is 6.42. The first-order chi connectivity index (χ1) is 13.0. The third-order valence-electron chi connectivity index (χ3n) is 4.47. The van der Waals surface area contributed by atoms with E-state index in [0.29, 0.717) is 34.3 Å². The summed E-state index contributed by atoms with van der Waals surface area (Å²) >= 11 is 0. The van der Waals surface area contributed by atoms with Crippen LogP contribution in [0.1, 0.15) is 25.6 Å². The predicted molar refractivity (Wildman–Crippen MR) is 102 cm³/mol. The molecule has 5 N–H and O–H groups in total. The molecule has 10 heteroatoms. The van der Waals surface area contributed by atoms with E-state index in [4.69, 9.17) is 11.5 Å². The van der Waals surface area contributed by atoms with E-state index in [1.54, 1.807) is 10.8 Å². The quantitative estimate of drug-likeness (QED) is 0.448. The lowest BCUT2D eigenvalue weighted by Crippen LogP contribution is -2.07. The highest BCUT2D eigenvalue weighted by molar-refractivity contribution is 5.78. The van der Waals surface area contributed by atoms with Gasteiger partial charge in [0.05, 0.1) is 11.9 Å². The smallest absolute Gasteiger partial charge is 0.201 e. The van der Waals surface area contributed by atoms with Gasteiger partial charge in [-0.25, -0.2) is 4.98 Å². The van der Waals surface area contributed by atoms with Crippen LogP contribution in [0, 0.1) is 0 Å². The number of benzene rings is 1. The molecule has 136 valence electrons. The molecule has 0 amide bonds. The Bertz CT molecular complexity index is 1270. The van der Waals surface area contributed by atoms with E-state index in [1.807, 2.05) is 48.7 Å². The molecule has 0 aliphatic heterocycles.